The van der Waals surface area contributed by atoms with Gasteiger partial charge in [0.15, 0.2) is 5.60 Å². The summed E-state index contributed by atoms with van der Waals surface area (Å²) >= 11 is 7.08. The van der Waals surface area contributed by atoms with Crippen LogP contribution in [0.4, 0.5) is 4.39 Å². The quantitative estimate of drug-likeness (QED) is 0.498. The van der Waals surface area contributed by atoms with Gasteiger partial charge in [-0.3, -0.25) is 4.79 Å². The van der Waals surface area contributed by atoms with E-state index in [9.17, 15) is 19.4 Å². The van der Waals surface area contributed by atoms with Gasteiger partial charge in [0, 0.05) is 34.8 Å². The monoisotopic (exact) mass is 454 g/mol. The van der Waals surface area contributed by atoms with E-state index in [1.807, 2.05) is 16.8 Å². The second-order valence-corrected chi connectivity index (χ2v) is 9.40. The number of hydrogen-bond donors (Lipinski definition) is 3. The number of carbonyl (C=O) groups excluding carboxylic acids is 1. The number of ether oxygens (including phenoxy) is 1. The lowest BCUT2D eigenvalue weighted by atomic mass is 9.92. The molecule has 4 unspecified atom stereocenters. The van der Waals surface area contributed by atoms with Gasteiger partial charge in [-0.1, -0.05) is 12.1 Å². The molecule has 29 heavy (non-hydrogen) atoms. The number of carbonyl (C=O) groups is 1. The van der Waals surface area contributed by atoms with Gasteiger partial charge < -0.3 is 14.9 Å². The van der Waals surface area contributed by atoms with Crippen LogP contribution < -0.4 is 0 Å². The molecule has 2 heterocycles. The zero-order valence-electron chi connectivity index (χ0n) is 15.8. The summed E-state index contributed by atoms with van der Waals surface area (Å²) in [5.74, 6) is 0.517. The predicted octanol–water partition coefficient (Wildman–Crippen LogP) is 4.10. The van der Waals surface area contributed by atoms with Gasteiger partial charge >= 0.3 is 0 Å². The van der Waals surface area contributed by atoms with E-state index in [-0.39, 0.29) is 22.6 Å². The maximum Gasteiger partial charge on any atom is 0.206 e. The molecule has 1 aliphatic rings. The molecule has 0 amide bonds. The molecule has 3 rings (SSSR count). The molecule has 0 saturated carbocycles. The lowest BCUT2D eigenvalue weighted by Crippen LogP contribution is -2.30. The highest BCUT2D eigenvalue weighted by Gasteiger charge is 2.42. The number of thioether (sulfide) groups is 1. The first kappa shape index (κ1) is 22.4. The summed E-state index contributed by atoms with van der Waals surface area (Å²) in [5, 5.41) is 23.8. The third-order valence-electron chi connectivity index (χ3n) is 4.89. The van der Waals surface area contributed by atoms with E-state index in [1.165, 1.54) is 30.0 Å². The SMILES string of the molecule is CC1(c2ccc(F)cc2)OC(CC(SCC(O)C(O)CS)c2ccsc2)=CC1=O. The van der Waals surface area contributed by atoms with E-state index in [1.54, 1.807) is 30.4 Å². The molecule has 8 heteroatoms. The molecule has 0 radical (unpaired) electrons. The summed E-state index contributed by atoms with van der Waals surface area (Å²) < 4.78 is 19.3. The Morgan fingerprint density at radius 2 is 1.97 bits per heavy atom. The third-order valence-corrected chi connectivity index (χ3v) is 7.34. The molecule has 0 aliphatic carbocycles. The van der Waals surface area contributed by atoms with Gasteiger partial charge in [0.25, 0.3) is 0 Å². The third kappa shape index (κ3) is 5.24. The fraction of sp³-hybridized carbons (Fsp3) is 0.381. The van der Waals surface area contributed by atoms with Crippen molar-refractivity contribution in [2.24, 2.45) is 0 Å². The fourth-order valence-corrected chi connectivity index (χ4v) is 5.37. The van der Waals surface area contributed by atoms with Crippen molar-refractivity contribution >= 4 is 41.5 Å². The normalized spacial score (nSPS) is 22.1. The van der Waals surface area contributed by atoms with Gasteiger partial charge in [0.2, 0.25) is 5.78 Å². The van der Waals surface area contributed by atoms with Gasteiger partial charge in [-0.25, -0.2) is 4.39 Å². The van der Waals surface area contributed by atoms with Crippen LogP contribution in [-0.4, -0.2) is 39.7 Å². The molecule has 0 spiro atoms. The Bertz CT molecular complexity index is 853. The van der Waals surface area contributed by atoms with Crippen LogP contribution in [0.1, 0.15) is 29.7 Å². The minimum atomic E-state index is -1.17. The summed E-state index contributed by atoms with van der Waals surface area (Å²) in [5.41, 5.74) is 0.497. The molecule has 0 fully saturated rings. The summed E-state index contributed by atoms with van der Waals surface area (Å²) in [6.45, 7) is 1.69. The molecule has 1 aromatic heterocycles. The Balaban J connectivity index is 1.72. The van der Waals surface area contributed by atoms with E-state index in [4.69, 9.17) is 4.74 Å². The second kappa shape index (κ2) is 9.66. The highest BCUT2D eigenvalue weighted by Crippen LogP contribution is 2.42. The Morgan fingerprint density at radius 1 is 1.24 bits per heavy atom. The summed E-state index contributed by atoms with van der Waals surface area (Å²) in [4.78, 5) is 12.7. The fourth-order valence-electron chi connectivity index (χ4n) is 3.06. The largest absolute Gasteiger partial charge is 0.479 e. The van der Waals surface area contributed by atoms with E-state index < -0.39 is 17.8 Å². The number of aliphatic hydroxyl groups is 2. The number of benzene rings is 1. The van der Waals surface area contributed by atoms with Gasteiger partial charge in [-0.2, -0.15) is 35.7 Å². The number of allylic oxidation sites excluding steroid dienone is 1. The summed E-state index contributed by atoms with van der Waals surface area (Å²) in [7, 11) is 0. The summed E-state index contributed by atoms with van der Waals surface area (Å²) in [6.07, 6.45) is 0.193. The maximum absolute atomic E-state index is 13.3. The number of thiol groups is 1. The second-order valence-electron chi connectivity index (χ2n) is 7.02. The molecule has 0 bridgehead atoms. The molecule has 0 saturated heterocycles. The molecule has 4 nitrogen and oxygen atoms in total. The van der Waals surface area contributed by atoms with Crippen LogP contribution in [-0.2, 0) is 15.1 Å². The van der Waals surface area contributed by atoms with Gasteiger partial charge in [0.1, 0.15) is 11.6 Å². The minimum Gasteiger partial charge on any atom is -0.479 e. The van der Waals surface area contributed by atoms with Crippen molar-refractivity contribution < 1.29 is 24.1 Å². The van der Waals surface area contributed by atoms with Gasteiger partial charge in [-0.15, -0.1) is 0 Å². The van der Waals surface area contributed by atoms with Crippen LogP contribution in [0.3, 0.4) is 0 Å². The zero-order chi connectivity index (χ0) is 21.0. The van der Waals surface area contributed by atoms with Crippen LogP contribution in [0, 0.1) is 5.82 Å². The number of halogens is 1. The van der Waals surface area contributed by atoms with Crippen molar-refractivity contribution in [2.45, 2.75) is 36.4 Å². The van der Waals surface area contributed by atoms with Crippen LogP contribution in [0.2, 0.25) is 0 Å². The van der Waals surface area contributed by atoms with Crippen LogP contribution in [0.5, 0.6) is 0 Å². The first-order valence-electron chi connectivity index (χ1n) is 9.14. The molecule has 1 aliphatic heterocycles. The molecule has 2 N–H and O–H groups in total. The Hall–Kier alpha value is -1.32. The predicted molar refractivity (Wildman–Crippen MR) is 118 cm³/mol. The number of aliphatic hydroxyl groups excluding tert-OH is 2. The van der Waals surface area contributed by atoms with Crippen molar-refractivity contribution in [3.63, 3.8) is 0 Å². The number of ketones is 1. The highest BCUT2D eigenvalue weighted by atomic mass is 32.2. The molecule has 4 atom stereocenters. The average Bonchev–Trinajstić information content (AvgIpc) is 3.33. The molecular weight excluding hydrogens is 431 g/mol. The van der Waals surface area contributed by atoms with Crippen molar-refractivity contribution in [3.8, 4) is 0 Å². The van der Waals surface area contributed by atoms with E-state index in [0.29, 0.717) is 23.5 Å². The van der Waals surface area contributed by atoms with Crippen LogP contribution in [0.15, 0.2) is 52.9 Å². The average molecular weight is 455 g/mol. The zero-order valence-corrected chi connectivity index (χ0v) is 18.4. The van der Waals surface area contributed by atoms with Crippen molar-refractivity contribution in [3.05, 3.63) is 69.9 Å². The van der Waals surface area contributed by atoms with Crippen molar-refractivity contribution in [1.82, 2.24) is 0 Å². The molecule has 2 aromatic rings. The van der Waals surface area contributed by atoms with Crippen molar-refractivity contribution in [2.75, 3.05) is 11.5 Å². The standard InChI is InChI=1S/C21H23FO4S3/c1-21(14-2-4-15(22)5-3-14)20(25)9-16(26-21)8-19(13-6-7-28-11-13)29-12-18(24)17(23)10-27/h2-7,9,11,17-19,23-24,27H,8,10,12H2,1H3. The Kier molecular flexibility index (Phi) is 7.45. The van der Waals surface area contributed by atoms with Gasteiger partial charge in [-0.05, 0) is 41.4 Å². The molecule has 1 aromatic carbocycles. The van der Waals surface area contributed by atoms with E-state index >= 15 is 0 Å². The smallest absolute Gasteiger partial charge is 0.206 e. The lowest BCUT2D eigenvalue weighted by Gasteiger charge is -2.26. The minimum absolute atomic E-state index is 0.0439. The lowest BCUT2D eigenvalue weighted by molar-refractivity contribution is -0.129. The highest BCUT2D eigenvalue weighted by molar-refractivity contribution is 7.99. The van der Waals surface area contributed by atoms with Crippen LogP contribution >= 0.6 is 35.7 Å². The number of rotatable bonds is 9. The van der Waals surface area contributed by atoms with Crippen molar-refractivity contribution in [1.29, 1.82) is 0 Å². The first-order chi connectivity index (χ1) is 13.8. The maximum atomic E-state index is 13.3. The molecule has 156 valence electrons. The Morgan fingerprint density at radius 3 is 2.59 bits per heavy atom. The summed E-state index contributed by atoms with van der Waals surface area (Å²) in [6, 6.07) is 7.75. The van der Waals surface area contributed by atoms with Gasteiger partial charge in [0.05, 0.1) is 12.2 Å². The Labute approximate surface area is 183 Å². The first-order valence-corrected chi connectivity index (χ1v) is 11.8. The topological polar surface area (TPSA) is 66.8 Å². The van der Waals surface area contributed by atoms with E-state index in [2.05, 4.69) is 12.6 Å². The van der Waals surface area contributed by atoms with Crippen LogP contribution in [0.25, 0.3) is 0 Å². The number of hydrogen-bond acceptors (Lipinski definition) is 7. The molecular formula is C21H23FO4S3. The number of thiophene rings is 1. The van der Waals surface area contributed by atoms with E-state index in [0.717, 1.165) is 5.56 Å².